The predicted molar refractivity (Wildman–Crippen MR) is 88.0 cm³/mol. The van der Waals surface area contributed by atoms with Gasteiger partial charge in [-0.05, 0) is 24.6 Å². The van der Waals surface area contributed by atoms with Crippen molar-refractivity contribution in [1.82, 2.24) is 15.5 Å². The van der Waals surface area contributed by atoms with Crippen LogP contribution in [0.25, 0.3) is 11.5 Å². The van der Waals surface area contributed by atoms with Crippen LogP contribution in [0.3, 0.4) is 0 Å². The third-order valence-electron chi connectivity index (χ3n) is 3.63. The van der Waals surface area contributed by atoms with Gasteiger partial charge in [-0.2, -0.15) is 0 Å². The zero-order valence-electron chi connectivity index (χ0n) is 13.2. The number of nitrogens with one attached hydrogen (secondary N) is 1. The van der Waals surface area contributed by atoms with Gasteiger partial charge in [0.1, 0.15) is 5.75 Å². The molecule has 0 radical (unpaired) electrons. The maximum atomic E-state index is 5.73. The smallest absolute Gasteiger partial charge is 0.248 e. The Hall–Kier alpha value is -2.66. The van der Waals surface area contributed by atoms with Gasteiger partial charge in [0.2, 0.25) is 11.8 Å². The van der Waals surface area contributed by atoms with Crippen LogP contribution in [0, 0.1) is 6.92 Å². The highest BCUT2D eigenvalue weighted by atomic mass is 16.5. The van der Waals surface area contributed by atoms with E-state index in [1.165, 1.54) is 0 Å². The Morgan fingerprint density at radius 2 is 1.78 bits per heavy atom. The Kier molecular flexibility index (Phi) is 4.68. The number of methoxy groups -OCH3 is 1. The third-order valence-corrected chi connectivity index (χ3v) is 3.63. The van der Waals surface area contributed by atoms with E-state index in [4.69, 9.17) is 9.15 Å². The summed E-state index contributed by atoms with van der Waals surface area (Å²) in [7, 11) is 1.67. The Balaban J connectivity index is 1.63. The summed E-state index contributed by atoms with van der Waals surface area (Å²) >= 11 is 0. The maximum Gasteiger partial charge on any atom is 0.248 e. The van der Waals surface area contributed by atoms with E-state index in [1.54, 1.807) is 7.11 Å². The molecule has 0 aliphatic rings. The van der Waals surface area contributed by atoms with Crippen molar-refractivity contribution in [2.24, 2.45) is 0 Å². The number of benzene rings is 2. The van der Waals surface area contributed by atoms with Gasteiger partial charge in [-0.25, -0.2) is 0 Å². The lowest BCUT2D eigenvalue weighted by Gasteiger charge is -2.08. The van der Waals surface area contributed by atoms with Gasteiger partial charge in [-0.15, -0.1) is 10.2 Å². The van der Waals surface area contributed by atoms with Gasteiger partial charge in [0.15, 0.2) is 0 Å². The quantitative estimate of drug-likeness (QED) is 0.756. The monoisotopic (exact) mass is 309 g/mol. The van der Waals surface area contributed by atoms with E-state index in [2.05, 4.69) is 15.5 Å². The van der Waals surface area contributed by atoms with E-state index in [1.807, 2.05) is 55.5 Å². The molecule has 1 aromatic heterocycles. The standard InChI is InChI=1S/C18H19N3O2/c1-13-7-3-5-9-15(13)18-21-20-17(23-18)12-19-11-14-8-4-6-10-16(14)22-2/h3-10,19H,11-12H2,1-2H3. The lowest BCUT2D eigenvalue weighted by molar-refractivity contribution is 0.406. The molecule has 5 nitrogen and oxygen atoms in total. The molecule has 3 aromatic rings. The van der Waals surface area contributed by atoms with E-state index in [-0.39, 0.29) is 0 Å². The van der Waals surface area contributed by atoms with Crippen molar-refractivity contribution in [3.05, 3.63) is 65.5 Å². The summed E-state index contributed by atoms with van der Waals surface area (Å²) in [4.78, 5) is 0. The molecule has 3 rings (SSSR count). The van der Waals surface area contributed by atoms with Gasteiger partial charge < -0.3 is 14.5 Å². The van der Waals surface area contributed by atoms with Gasteiger partial charge >= 0.3 is 0 Å². The Morgan fingerprint density at radius 1 is 1.00 bits per heavy atom. The SMILES string of the molecule is COc1ccccc1CNCc1nnc(-c2ccccc2C)o1. The second-order valence-electron chi connectivity index (χ2n) is 5.23. The highest BCUT2D eigenvalue weighted by molar-refractivity contribution is 5.57. The van der Waals surface area contributed by atoms with Crippen molar-refractivity contribution in [3.63, 3.8) is 0 Å². The fourth-order valence-corrected chi connectivity index (χ4v) is 2.40. The highest BCUT2D eigenvalue weighted by Gasteiger charge is 2.10. The van der Waals surface area contributed by atoms with Crippen LogP contribution in [-0.2, 0) is 13.1 Å². The van der Waals surface area contributed by atoms with Crippen LogP contribution in [0.2, 0.25) is 0 Å². The lowest BCUT2D eigenvalue weighted by atomic mass is 10.1. The molecule has 1 heterocycles. The normalized spacial score (nSPS) is 10.7. The average molecular weight is 309 g/mol. The van der Waals surface area contributed by atoms with Crippen molar-refractivity contribution in [2.75, 3.05) is 7.11 Å². The Labute approximate surface area is 135 Å². The lowest BCUT2D eigenvalue weighted by Crippen LogP contribution is -2.13. The fraction of sp³-hybridized carbons (Fsp3) is 0.222. The molecule has 0 saturated carbocycles. The largest absolute Gasteiger partial charge is 0.496 e. The van der Waals surface area contributed by atoms with Gasteiger partial charge in [0, 0.05) is 17.7 Å². The zero-order valence-corrected chi connectivity index (χ0v) is 13.2. The molecule has 118 valence electrons. The number of hydrogen-bond donors (Lipinski definition) is 1. The molecular weight excluding hydrogens is 290 g/mol. The van der Waals surface area contributed by atoms with Crippen LogP contribution in [0.1, 0.15) is 17.0 Å². The molecule has 0 aliphatic heterocycles. The molecular formula is C18H19N3O2. The number of aryl methyl sites for hydroxylation is 1. The topological polar surface area (TPSA) is 60.2 Å². The minimum Gasteiger partial charge on any atom is -0.496 e. The first-order chi connectivity index (χ1) is 11.3. The first-order valence-corrected chi connectivity index (χ1v) is 7.49. The van der Waals surface area contributed by atoms with E-state index in [0.29, 0.717) is 24.9 Å². The van der Waals surface area contributed by atoms with Crippen molar-refractivity contribution in [1.29, 1.82) is 0 Å². The minimum absolute atomic E-state index is 0.511. The van der Waals surface area contributed by atoms with Gasteiger partial charge in [0.25, 0.3) is 0 Å². The summed E-state index contributed by atoms with van der Waals surface area (Å²) in [6, 6.07) is 15.9. The van der Waals surface area contributed by atoms with Crippen LogP contribution in [0.15, 0.2) is 52.9 Å². The number of nitrogens with zero attached hydrogens (tertiary/aromatic N) is 2. The molecule has 0 bridgehead atoms. The maximum absolute atomic E-state index is 5.73. The molecule has 0 saturated heterocycles. The van der Waals surface area contributed by atoms with Gasteiger partial charge in [-0.1, -0.05) is 36.4 Å². The number of aromatic nitrogens is 2. The fourth-order valence-electron chi connectivity index (χ4n) is 2.40. The summed E-state index contributed by atoms with van der Waals surface area (Å²) in [5, 5.41) is 11.5. The molecule has 0 aliphatic carbocycles. The first-order valence-electron chi connectivity index (χ1n) is 7.49. The number of hydrogen-bond acceptors (Lipinski definition) is 5. The van der Waals surface area contributed by atoms with E-state index < -0.39 is 0 Å². The zero-order chi connectivity index (χ0) is 16.1. The van der Waals surface area contributed by atoms with E-state index >= 15 is 0 Å². The second-order valence-corrected chi connectivity index (χ2v) is 5.23. The predicted octanol–water partition coefficient (Wildman–Crippen LogP) is 3.34. The van der Waals surface area contributed by atoms with Crippen molar-refractivity contribution < 1.29 is 9.15 Å². The highest BCUT2D eigenvalue weighted by Crippen LogP contribution is 2.21. The number of para-hydroxylation sites is 1. The summed E-state index contributed by atoms with van der Waals surface area (Å²) in [5.74, 6) is 1.99. The summed E-state index contributed by atoms with van der Waals surface area (Å²) in [6.45, 7) is 3.21. The van der Waals surface area contributed by atoms with Crippen molar-refractivity contribution in [3.8, 4) is 17.2 Å². The average Bonchev–Trinajstić information content (AvgIpc) is 3.04. The molecule has 23 heavy (non-hydrogen) atoms. The molecule has 1 N–H and O–H groups in total. The first kappa shape index (κ1) is 15.2. The van der Waals surface area contributed by atoms with Crippen LogP contribution < -0.4 is 10.1 Å². The third kappa shape index (κ3) is 3.57. The van der Waals surface area contributed by atoms with Crippen molar-refractivity contribution in [2.45, 2.75) is 20.0 Å². The number of rotatable bonds is 6. The summed E-state index contributed by atoms with van der Waals surface area (Å²) < 4.78 is 11.1. The molecule has 0 unspecified atom stereocenters. The van der Waals surface area contributed by atoms with Crippen molar-refractivity contribution >= 4 is 0 Å². The summed E-state index contributed by atoms with van der Waals surface area (Å²) in [5.41, 5.74) is 3.18. The molecule has 0 spiro atoms. The minimum atomic E-state index is 0.511. The van der Waals surface area contributed by atoms with Crippen LogP contribution >= 0.6 is 0 Å². The Morgan fingerprint density at radius 3 is 2.61 bits per heavy atom. The van der Waals surface area contributed by atoms with Crippen LogP contribution in [0.4, 0.5) is 0 Å². The van der Waals surface area contributed by atoms with Gasteiger partial charge in [0.05, 0.1) is 13.7 Å². The summed E-state index contributed by atoms with van der Waals surface area (Å²) in [6.07, 6.45) is 0. The van der Waals surface area contributed by atoms with Crippen LogP contribution in [0.5, 0.6) is 5.75 Å². The molecule has 2 aromatic carbocycles. The molecule has 5 heteroatoms. The number of ether oxygens (including phenoxy) is 1. The molecule has 0 fully saturated rings. The van der Waals surface area contributed by atoms with Gasteiger partial charge in [-0.3, -0.25) is 0 Å². The molecule has 0 amide bonds. The van der Waals surface area contributed by atoms with Crippen LogP contribution in [-0.4, -0.2) is 17.3 Å². The Bertz CT molecular complexity index is 783. The molecule has 0 atom stereocenters. The second kappa shape index (κ2) is 7.07. The van der Waals surface area contributed by atoms with E-state index in [0.717, 1.165) is 22.4 Å². The van der Waals surface area contributed by atoms with E-state index in [9.17, 15) is 0 Å².